The number of aromatic hydroxyl groups is 1. The molecule has 6 heteroatoms. The number of fused-ring (bicyclic) bond motifs is 2. The van der Waals surface area contributed by atoms with Crippen molar-refractivity contribution in [1.29, 1.82) is 0 Å². The summed E-state index contributed by atoms with van der Waals surface area (Å²) in [7, 11) is -4.27. The summed E-state index contributed by atoms with van der Waals surface area (Å²) < 4.78 is 31.3. The molecule has 1 aromatic heterocycles. The highest BCUT2D eigenvalue weighted by Gasteiger charge is 2.29. The fourth-order valence-corrected chi connectivity index (χ4v) is 4.47. The lowest BCUT2D eigenvalue weighted by Crippen LogP contribution is -2.15. The zero-order valence-electron chi connectivity index (χ0n) is 12.8. The first kappa shape index (κ1) is 15.4. The molecular formula is C19H12O5S. The monoisotopic (exact) mass is 352 g/mol. The van der Waals surface area contributed by atoms with Gasteiger partial charge in [-0.25, -0.2) is 13.2 Å². The first-order valence-corrected chi connectivity index (χ1v) is 8.96. The summed E-state index contributed by atoms with van der Waals surface area (Å²) in [6, 6.07) is 17.9. The summed E-state index contributed by atoms with van der Waals surface area (Å²) in [5.74, 6) is -0.597. The molecule has 25 heavy (non-hydrogen) atoms. The predicted molar refractivity (Wildman–Crippen MR) is 93.5 cm³/mol. The molecule has 0 aliphatic heterocycles. The van der Waals surface area contributed by atoms with Crippen molar-refractivity contribution in [3.05, 3.63) is 77.2 Å². The lowest BCUT2D eigenvalue weighted by Gasteiger charge is -2.10. The van der Waals surface area contributed by atoms with Crippen molar-refractivity contribution in [2.75, 3.05) is 0 Å². The Kier molecular flexibility index (Phi) is 3.36. The molecular weight excluding hydrogens is 340 g/mol. The van der Waals surface area contributed by atoms with Crippen LogP contribution in [0.1, 0.15) is 0 Å². The third-order valence-corrected chi connectivity index (χ3v) is 5.89. The molecule has 0 radical (unpaired) electrons. The van der Waals surface area contributed by atoms with Crippen molar-refractivity contribution in [3.63, 3.8) is 0 Å². The van der Waals surface area contributed by atoms with Gasteiger partial charge in [-0.2, -0.15) is 0 Å². The van der Waals surface area contributed by atoms with Crippen molar-refractivity contribution >= 4 is 31.6 Å². The van der Waals surface area contributed by atoms with Crippen LogP contribution in [0.15, 0.2) is 85.7 Å². The zero-order chi connectivity index (χ0) is 17.6. The Labute approximate surface area is 142 Å². The molecule has 0 atom stereocenters. The maximum atomic E-state index is 13.1. The molecule has 0 aliphatic carbocycles. The van der Waals surface area contributed by atoms with Crippen LogP contribution in [-0.2, 0) is 9.84 Å². The second-order valence-electron chi connectivity index (χ2n) is 5.54. The Morgan fingerprint density at radius 3 is 2.24 bits per heavy atom. The van der Waals surface area contributed by atoms with Gasteiger partial charge in [-0.1, -0.05) is 48.5 Å². The van der Waals surface area contributed by atoms with Crippen molar-refractivity contribution in [3.8, 4) is 5.75 Å². The summed E-state index contributed by atoms with van der Waals surface area (Å²) in [6.07, 6.45) is 0. The van der Waals surface area contributed by atoms with Gasteiger partial charge in [0, 0.05) is 5.39 Å². The summed E-state index contributed by atoms with van der Waals surface area (Å²) in [6.45, 7) is 0. The summed E-state index contributed by atoms with van der Waals surface area (Å²) in [5.41, 5.74) is -0.967. The minimum atomic E-state index is -4.27. The number of hydrogen-bond donors (Lipinski definition) is 1. The molecule has 0 unspecified atom stereocenters. The van der Waals surface area contributed by atoms with Gasteiger partial charge in [-0.05, 0) is 23.6 Å². The number of rotatable bonds is 2. The van der Waals surface area contributed by atoms with Crippen LogP contribution < -0.4 is 5.63 Å². The van der Waals surface area contributed by atoms with Crippen LogP contribution in [0.5, 0.6) is 5.75 Å². The maximum absolute atomic E-state index is 13.1. The van der Waals surface area contributed by atoms with Crippen LogP contribution in [0, 0.1) is 0 Å². The molecule has 0 spiro atoms. The Hall–Kier alpha value is -3.12. The van der Waals surface area contributed by atoms with Crippen LogP contribution in [0.2, 0.25) is 0 Å². The first-order chi connectivity index (χ1) is 12.0. The maximum Gasteiger partial charge on any atom is 0.359 e. The number of sulfone groups is 1. The van der Waals surface area contributed by atoms with Crippen molar-refractivity contribution in [2.24, 2.45) is 0 Å². The van der Waals surface area contributed by atoms with Gasteiger partial charge in [0.05, 0.1) is 10.3 Å². The van der Waals surface area contributed by atoms with E-state index >= 15 is 0 Å². The van der Waals surface area contributed by atoms with Crippen LogP contribution in [-0.4, -0.2) is 13.5 Å². The van der Waals surface area contributed by atoms with E-state index in [1.54, 1.807) is 48.5 Å². The second kappa shape index (κ2) is 5.46. The Morgan fingerprint density at radius 1 is 0.800 bits per heavy atom. The standard InChI is InChI=1S/C19H12O5S/c20-17-14-9-3-4-10-15(14)24-19(21)18(17)25(22,23)16-11-5-7-12-6-1-2-8-13(12)16/h1-11,20H. The van der Waals surface area contributed by atoms with Crippen molar-refractivity contribution in [2.45, 2.75) is 9.79 Å². The minimum absolute atomic E-state index is 0.0523. The van der Waals surface area contributed by atoms with Gasteiger partial charge in [0.1, 0.15) is 5.58 Å². The highest BCUT2D eigenvalue weighted by Crippen LogP contribution is 2.34. The van der Waals surface area contributed by atoms with E-state index in [-0.39, 0.29) is 15.9 Å². The lowest BCUT2D eigenvalue weighted by atomic mass is 10.1. The minimum Gasteiger partial charge on any atom is -0.506 e. The van der Waals surface area contributed by atoms with Crippen LogP contribution in [0.4, 0.5) is 0 Å². The van der Waals surface area contributed by atoms with Crippen LogP contribution in [0.3, 0.4) is 0 Å². The van der Waals surface area contributed by atoms with Crippen molar-refractivity contribution in [1.82, 2.24) is 0 Å². The van der Waals surface area contributed by atoms with E-state index in [1.165, 1.54) is 18.2 Å². The smallest absolute Gasteiger partial charge is 0.359 e. The third-order valence-electron chi connectivity index (χ3n) is 4.05. The van der Waals surface area contributed by atoms with E-state index in [0.717, 1.165) is 0 Å². The average molecular weight is 352 g/mol. The molecule has 5 nitrogen and oxygen atoms in total. The molecule has 4 rings (SSSR count). The highest BCUT2D eigenvalue weighted by atomic mass is 32.2. The summed E-state index contributed by atoms with van der Waals surface area (Å²) in [5, 5.41) is 11.8. The molecule has 0 bridgehead atoms. The molecule has 0 saturated heterocycles. The van der Waals surface area contributed by atoms with E-state index < -0.39 is 26.1 Å². The third kappa shape index (κ3) is 2.30. The topological polar surface area (TPSA) is 84.6 Å². The van der Waals surface area contributed by atoms with Crippen molar-refractivity contribution < 1.29 is 17.9 Å². The molecule has 4 aromatic rings. The number of hydrogen-bond acceptors (Lipinski definition) is 5. The van der Waals surface area contributed by atoms with E-state index in [0.29, 0.717) is 10.8 Å². The molecule has 0 aliphatic rings. The normalized spacial score (nSPS) is 11.8. The van der Waals surface area contributed by atoms with Gasteiger partial charge in [0.25, 0.3) is 0 Å². The van der Waals surface area contributed by atoms with E-state index in [1.807, 2.05) is 0 Å². The highest BCUT2D eigenvalue weighted by molar-refractivity contribution is 7.91. The van der Waals surface area contributed by atoms with Crippen LogP contribution >= 0.6 is 0 Å². The van der Waals surface area contributed by atoms with Gasteiger partial charge < -0.3 is 9.52 Å². The molecule has 3 aromatic carbocycles. The SMILES string of the molecule is O=c1oc2ccccc2c(O)c1S(=O)(=O)c1cccc2ccccc12. The zero-order valence-corrected chi connectivity index (χ0v) is 13.7. The second-order valence-corrected chi connectivity index (χ2v) is 7.40. The largest absolute Gasteiger partial charge is 0.506 e. The fraction of sp³-hybridized carbons (Fsp3) is 0. The molecule has 1 N–H and O–H groups in total. The number of benzene rings is 3. The van der Waals surface area contributed by atoms with Gasteiger partial charge in [-0.15, -0.1) is 0 Å². The Bertz CT molecular complexity index is 1280. The molecule has 0 fully saturated rings. The van der Waals surface area contributed by atoms with Gasteiger partial charge >= 0.3 is 5.63 Å². The Morgan fingerprint density at radius 2 is 1.44 bits per heavy atom. The Balaban J connectivity index is 2.10. The van der Waals surface area contributed by atoms with E-state index in [9.17, 15) is 18.3 Å². The van der Waals surface area contributed by atoms with Gasteiger partial charge in [0.2, 0.25) is 9.84 Å². The van der Waals surface area contributed by atoms with Gasteiger partial charge in [0.15, 0.2) is 10.6 Å². The lowest BCUT2D eigenvalue weighted by molar-refractivity contribution is 0.442. The number of para-hydroxylation sites is 1. The quantitative estimate of drug-likeness (QED) is 0.558. The molecule has 0 saturated carbocycles. The molecule has 124 valence electrons. The molecule has 1 heterocycles. The van der Waals surface area contributed by atoms with Gasteiger partial charge in [-0.3, -0.25) is 0 Å². The van der Waals surface area contributed by atoms with E-state index in [4.69, 9.17) is 4.42 Å². The summed E-state index contributed by atoms with van der Waals surface area (Å²) >= 11 is 0. The average Bonchev–Trinajstić information content (AvgIpc) is 2.61. The fourth-order valence-electron chi connectivity index (χ4n) is 2.89. The van der Waals surface area contributed by atoms with E-state index in [2.05, 4.69) is 0 Å². The summed E-state index contributed by atoms with van der Waals surface area (Å²) in [4.78, 5) is 11.5. The predicted octanol–water partition coefficient (Wildman–Crippen LogP) is 3.48. The molecule has 0 amide bonds. The van der Waals surface area contributed by atoms with Crippen LogP contribution in [0.25, 0.3) is 21.7 Å². The first-order valence-electron chi connectivity index (χ1n) is 7.48.